The monoisotopic (exact) mass is 334 g/mol. The maximum atomic E-state index is 14.7. The van der Waals surface area contributed by atoms with E-state index in [1.165, 1.54) is 30.5 Å². The third-order valence-corrected chi connectivity index (χ3v) is 4.27. The molecular weight excluding hydrogens is 314 g/mol. The SMILES string of the molecule is CCCCCc1ccc2c(F)c(C#Cc3ccc(F)cc3)ccc2c1. The van der Waals surface area contributed by atoms with Gasteiger partial charge in [0.2, 0.25) is 0 Å². The van der Waals surface area contributed by atoms with Crippen LogP contribution in [0.15, 0.2) is 54.6 Å². The minimum Gasteiger partial charge on any atom is -0.207 e. The average molecular weight is 334 g/mol. The molecular formula is C23H20F2. The molecule has 0 aliphatic heterocycles. The summed E-state index contributed by atoms with van der Waals surface area (Å²) in [5.41, 5.74) is 2.26. The van der Waals surface area contributed by atoms with Crippen molar-refractivity contribution in [2.45, 2.75) is 32.6 Å². The van der Waals surface area contributed by atoms with E-state index in [1.807, 2.05) is 18.2 Å². The van der Waals surface area contributed by atoms with Crippen molar-refractivity contribution in [1.82, 2.24) is 0 Å². The van der Waals surface area contributed by atoms with Gasteiger partial charge in [-0.15, -0.1) is 0 Å². The predicted molar refractivity (Wildman–Crippen MR) is 99.5 cm³/mol. The Labute approximate surface area is 147 Å². The van der Waals surface area contributed by atoms with Gasteiger partial charge in [0.1, 0.15) is 11.6 Å². The Hall–Kier alpha value is -2.66. The molecule has 0 bridgehead atoms. The van der Waals surface area contributed by atoms with Crippen molar-refractivity contribution in [1.29, 1.82) is 0 Å². The topological polar surface area (TPSA) is 0 Å². The van der Waals surface area contributed by atoms with Gasteiger partial charge in [0.05, 0.1) is 5.56 Å². The molecule has 0 atom stereocenters. The van der Waals surface area contributed by atoms with Gasteiger partial charge >= 0.3 is 0 Å². The molecule has 0 nitrogen and oxygen atoms in total. The second-order valence-electron chi connectivity index (χ2n) is 6.20. The van der Waals surface area contributed by atoms with Crippen LogP contribution >= 0.6 is 0 Å². The minimum atomic E-state index is -0.308. The Morgan fingerprint density at radius 1 is 0.840 bits per heavy atom. The molecule has 0 N–H and O–H groups in total. The van der Waals surface area contributed by atoms with Crippen molar-refractivity contribution >= 4 is 10.8 Å². The molecule has 0 amide bonds. The Balaban J connectivity index is 1.87. The van der Waals surface area contributed by atoms with E-state index in [-0.39, 0.29) is 11.6 Å². The number of rotatable bonds is 4. The molecule has 0 radical (unpaired) electrons. The predicted octanol–water partition coefficient (Wildman–Crippen LogP) is 6.25. The number of aryl methyl sites for hydroxylation is 1. The van der Waals surface area contributed by atoms with Crippen LogP contribution < -0.4 is 0 Å². The van der Waals surface area contributed by atoms with Crippen LogP contribution in [0, 0.1) is 23.5 Å². The van der Waals surface area contributed by atoms with E-state index < -0.39 is 0 Å². The molecule has 0 fully saturated rings. The quantitative estimate of drug-likeness (QED) is 0.391. The van der Waals surface area contributed by atoms with E-state index in [0.29, 0.717) is 16.5 Å². The second kappa shape index (κ2) is 7.94. The zero-order chi connectivity index (χ0) is 17.6. The van der Waals surface area contributed by atoms with Crippen molar-refractivity contribution in [3.05, 3.63) is 82.9 Å². The molecule has 3 aromatic rings. The summed E-state index contributed by atoms with van der Waals surface area (Å²) >= 11 is 0. The van der Waals surface area contributed by atoms with Crippen molar-refractivity contribution in [2.24, 2.45) is 0 Å². The average Bonchev–Trinajstić information content (AvgIpc) is 2.63. The lowest BCUT2D eigenvalue weighted by atomic mass is 10.0. The van der Waals surface area contributed by atoms with E-state index in [0.717, 1.165) is 18.2 Å². The summed E-state index contributed by atoms with van der Waals surface area (Å²) in [6, 6.07) is 15.4. The molecule has 0 saturated heterocycles. The summed E-state index contributed by atoms with van der Waals surface area (Å²) in [6.07, 6.45) is 4.59. The first-order chi connectivity index (χ1) is 12.2. The number of fused-ring (bicyclic) bond motifs is 1. The normalized spacial score (nSPS) is 10.5. The van der Waals surface area contributed by atoms with E-state index in [9.17, 15) is 8.78 Å². The number of hydrogen-bond acceptors (Lipinski definition) is 0. The Kier molecular flexibility index (Phi) is 5.46. The molecule has 0 heterocycles. The number of halogens is 2. The van der Waals surface area contributed by atoms with Crippen LogP contribution in [0.3, 0.4) is 0 Å². The summed E-state index contributed by atoms with van der Waals surface area (Å²) < 4.78 is 27.6. The van der Waals surface area contributed by atoms with Crippen LogP contribution in [-0.2, 0) is 6.42 Å². The largest absolute Gasteiger partial charge is 0.207 e. The molecule has 3 aromatic carbocycles. The van der Waals surface area contributed by atoms with E-state index in [4.69, 9.17) is 0 Å². The van der Waals surface area contributed by atoms with Crippen LogP contribution in [0.25, 0.3) is 10.8 Å². The molecule has 0 aromatic heterocycles. The molecule has 126 valence electrons. The lowest BCUT2D eigenvalue weighted by Crippen LogP contribution is -1.90. The molecule has 0 aliphatic carbocycles. The molecule has 25 heavy (non-hydrogen) atoms. The first kappa shape index (κ1) is 17.2. The van der Waals surface area contributed by atoms with Crippen LogP contribution in [0.1, 0.15) is 42.9 Å². The Morgan fingerprint density at radius 3 is 2.40 bits per heavy atom. The highest BCUT2D eigenvalue weighted by Crippen LogP contribution is 2.23. The van der Waals surface area contributed by atoms with Crippen molar-refractivity contribution < 1.29 is 8.78 Å². The maximum absolute atomic E-state index is 14.7. The van der Waals surface area contributed by atoms with Crippen molar-refractivity contribution in [3.8, 4) is 11.8 Å². The van der Waals surface area contributed by atoms with Gasteiger partial charge in [0.15, 0.2) is 0 Å². The lowest BCUT2D eigenvalue weighted by Gasteiger charge is -2.06. The number of benzene rings is 3. The van der Waals surface area contributed by atoms with Gasteiger partial charge in [-0.05, 0) is 54.1 Å². The summed E-state index contributed by atoms with van der Waals surface area (Å²) in [7, 11) is 0. The van der Waals surface area contributed by atoms with Gasteiger partial charge in [-0.2, -0.15) is 0 Å². The van der Waals surface area contributed by atoms with Gasteiger partial charge in [-0.25, -0.2) is 8.78 Å². The standard InChI is InChI=1S/C23H20F2/c1-2-3-4-5-18-9-15-22-20(16-18)12-11-19(23(22)25)10-6-17-7-13-21(24)14-8-17/h7-9,11-16H,2-5H2,1H3. The van der Waals surface area contributed by atoms with Crippen LogP contribution in [0.4, 0.5) is 8.78 Å². The third-order valence-electron chi connectivity index (χ3n) is 4.27. The highest BCUT2D eigenvalue weighted by molar-refractivity contribution is 5.85. The highest BCUT2D eigenvalue weighted by Gasteiger charge is 2.06. The van der Waals surface area contributed by atoms with Crippen molar-refractivity contribution in [2.75, 3.05) is 0 Å². The van der Waals surface area contributed by atoms with Crippen LogP contribution in [0.2, 0.25) is 0 Å². The lowest BCUT2D eigenvalue weighted by molar-refractivity contribution is 0.627. The maximum Gasteiger partial charge on any atom is 0.146 e. The summed E-state index contributed by atoms with van der Waals surface area (Å²) in [4.78, 5) is 0. The summed E-state index contributed by atoms with van der Waals surface area (Å²) in [5, 5.41) is 1.49. The van der Waals surface area contributed by atoms with E-state index in [1.54, 1.807) is 18.2 Å². The smallest absolute Gasteiger partial charge is 0.146 e. The number of hydrogen-bond donors (Lipinski definition) is 0. The summed E-state index contributed by atoms with van der Waals surface area (Å²) in [6.45, 7) is 2.18. The molecule has 0 aliphatic rings. The molecule has 0 saturated carbocycles. The fourth-order valence-corrected chi connectivity index (χ4v) is 2.85. The fourth-order valence-electron chi connectivity index (χ4n) is 2.85. The van der Waals surface area contributed by atoms with E-state index >= 15 is 0 Å². The Bertz CT molecular complexity index is 928. The van der Waals surface area contributed by atoms with E-state index in [2.05, 4.69) is 24.8 Å². The van der Waals surface area contributed by atoms with Crippen molar-refractivity contribution in [3.63, 3.8) is 0 Å². The van der Waals surface area contributed by atoms with Gasteiger partial charge in [0, 0.05) is 10.9 Å². The minimum absolute atomic E-state index is 0.299. The molecule has 3 rings (SSSR count). The number of unbranched alkanes of at least 4 members (excludes halogenated alkanes) is 2. The summed E-state index contributed by atoms with van der Waals surface area (Å²) in [5.74, 6) is 5.13. The fraction of sp³-hybridized carbons (Fsp3) is 0.217. The van der Waals surface area contributed by atoms with Crippen LogP contribution in [0.5, 0.6) is 0 Å². The zero-order valence-corrected chi connectivity index (χ0v) is 14.3. The van der Waals surface area contributed by atoms with Gasteiger partial charge in [0.25, 0.3) is 0 Å². The van der Waals surface area contributed by atoms with Gasteiger partial charge in [-0.3, -0.25) is 0 Å². The zero-order valence-electron chi connectivity index (χ0n) is 14.3. The second-order valence-corrected chi connectivity index (χ2v) is 6.20. The first-order valence-corrected chi connectivity index (χ1v) is 8.66. The first-order valence-electron chi connectivity index (χ1n) is 8.66. The molecule has 0 spiro atoms. The molecule has 2 heteroatoms. The Morgan fingerprint density at radius 2 is 1.64 bits per heavy atom. The highest BCUT2D eigenvalue weighted by atomic mass is 19.1. The van der Waals surface area contributed by atoms with Gasteiger partial charge < -0.3 is 0 Å². The third kappa shape index (κ3) is 4.25. The van der Waals surface area contributed by atoms with Gasteiger partial charge in [-0.1, -0.05) is 55.9 Å². The molecule has 0 unspecified atom stereocenters. The van der Waals surface area contributed by atoms with Crippen LogP contribution in [-0.4, -0.2) is 0 Å².